The van der Waals surface area contributed by atoms with Crippen molar-refractivity contribution < 1.29 is 0 Å². The summed E-state index contributed by atoms with van der Waals surface area (Å²) >= 11 is 0. The lowest BCUT2D eigenvalue weighted by molar-refractivity contribution is 1.31. The molecule has 3 aromatic heterocycles. The molecule has 0 fully saturated rings. The van der Waals surface area contributed by atoms with Gasteiger partial charge in [-0.3, -0.25) is 9.97 Å². The van der Waals surface area contributed by atoms with Crippen molar-refractivity contribution in [3.63, 3.8) is 0 Å². The van der Waals surface area contributed by atoms with E-state index in [2.05, 4.69) is 21.0 Å². The van der Waals surface area contributed by atoms with E-state index < -0.39 is 0 Å². The number of aromatic nitrogens is 3. The van der Waals surface area contributed by atoms with Crippen LogP contribution in [-0.2, 0) is 0 Å². The number of fused-ring (bicyclic) bond motifs is 2. The van der Waals surface area contributed by atoms with Gasteiger partial charge in [-0.05, 0) is 23.6 Å². The first-order valence-corrected chi connectivity index (χ1v) is 7.23. The molecule has 108 valence electrons. The lowest BCUT2D eigenvalue weighted by atomic mass is 10.0. The molecule has 4 nitrogen and oxygen atoms in total. The average molecular weight is 296 g/mol. The second kappa shape index (κ2) is 5.39. The minimum atomic E-state index is 0.605. The maximum atomic E-state index is 9.63. The van der Waals surface area contributed by atoms with E-state index in [1.165, 1.54) is 0 Å². The number of H-pyrrole nitrogens is 1. The molecular weight excluding hydrogens is 284 g/mol. The van der Waals surface area contributed by atoms with Gasteiger partial charge in [0, 0.05) is 58.4 Å². The lowest BCUT2D eigenvalue weighted by Gasteiger charge is -2.02. The Morgan fingerprint density at radius 3 is 2.83 bits per heavy atom. The number of rotatable bonds is 2. The third kappa shape index (κ3) is 2.25. The first kappa shape index (κ1) is 13.2. The molecule has 4 aromatic rings. The van der Waals surface area contributed by atoms with Gasteiger partial charge in [-0.1, -0.05) is 18.2 Å². The number of allylic oxidation sites excluding steroid dienone is 1. The van der Waals surface area contributed by atoms with Crippen molar-refractivity contribution in [3.8, 4) is 6.07 Å². The minimum Gasteiger partial charge on any atom is -0.361 e. The molecule has 1 aromatic carbocycles. The summed E-state index contributed by atoms with van der Waals surface area (Å²) in [6.45, 7) is 0. The molecule has 4 rings (SSSR count). The second-order valence-electron chi connectivity index (χ2n) is 5.24. The molecule has 4 heteroatoms. The van der Waals surface area contributed by atoms with E-state index in [4.69, 9.17) is 0 Å². The van der Waals surface area contributed by atoms with Crippen LogP contribution < -0.4 is 0 Å². The van der Waals surface area contributed by atoms with Gasteiger partial charge >= 0.3 is 0 Å². The molecular formula is C19H12N4. The summed E-state index contributed by atoms with van der Waals surface area (Å²) in [4.78, 5) is 11.6. The third-order valence-corrected chi connectivity index (χ3v) is 3.89. The second-order valence-corrected chi connectivity index (χ2v) is 5.24. The Labute approximate surface area is 132 Å². The van der Waals surface area contributed by atoms with Crippen LogP contribution in [0.1, 0.15) is 11.1 Å². The Balaban J connectivity index is 1.93. The first-order valence-electron chi connectivity index (χ1n) is 7.23. The molecule has 0 amide bonds. The highest BCUT2D eigenvalue weighted by Crippen LogP contribution is 2.27. The Kier molecular flexibility index (Phi) is 3.10. The van der Waals surface area contributed by atoms with Crippen LogP contribution in [0.4, 0.5) is 0 Å². The number of hydrogen-bond donors (Lipinski definition) is 1. The van der Waals surface area contributed by atoms with Crippen molar-refractivity contribution >= 4 is 33.3 Å². The maximum absolute atomic E-state index is 9.63. The van der Waals surface area contributed by atoms with E-state index in [0.29, 0.717) is 5.57 Å². The number of aromatic amines is 1. The molecule has 0 atom stereocenters. The van der Waals surface area contributed by atoms with Gasteiger partial charge < -0.3 is 4.98 Å². The van der Waals surface area contributed by atoms with Gasteiger partial charge in [0.05, 0.1) is 11.6 Å². The van der Waals surface area contributed by atoms with Crippen LogP contribution in [0.5, 0.6) is 0 Å². The summed E-state index contributed by atoms with van der Waals surface area (Å²) in [5.74, 6) is 0. The van der Waals surface area contributed by atoms with Crippen LogP contribution in [0, 0.1) is 11.3 Å². The van der Waals surface area contributed by atoms with Gasteiger partial charge in [-0.15, -0.1) is 0 Å². The Morgan fingerprint density at radius 2 is 1.91 bits per heavy atom. The smallest absolute Gasteiger partial charge is 0.0998 e. The largest absolute Gasteiger partial charge is 0.361 e. The number of hydrogen-bond acceptors (Lipinski definition) is 3. The van der Waals surface area contributed by atoms with E-state index in [9.17, 15) is 5.26 Å². The molecule has 0 spiro atoms. The highest BCUT2D eigenvalue weighted by Gasteiger charge is 2.09. The zero-order valence-corrected chi connectivity index (χ0v) is 12.2. The van der Waals surface area contributed by atoms with Gasteiger partial charge in [0.15, 0.2) is 0 Å². The molecule has 1 N–H and O–H groups in total. The quantitative estimate of drug-likeness (QED) is 0.564. The number of benzene rings is 1. The van der Waals surface area contributed by atoms with Crippen LogP contribution in [0.2, 0.25) is 0 Å². The summed E-state index contributed by atoms with van der Waals surface area (Å²) < 4.78 is 0. The molecule has 0 aliphatic carbocycles. The molecule has 0 unspecified atom stereocenters. The number of nitrogens with zero attached hydrogens (tertiary/aromatic N) is 3. The Morgan fingerprint density at radius 1 is 1.04 bits per heavy atom. The van der Waals surface area contributed by atoms with E-state index >= 15 is 0 Å². The van der Waals surface area contributed by atoms with E-state index in [1.54, 1.807) is 24.8 Å². The van der Waals surface area contributed by atoms with Gasteiger partial charge in [0.25, 0.3) is 0 Å². The van der Waals surface area contributed by atoms with Crippen molar-refractivity contribution in [3.05, 3.63) is 72.4 Å². The van der Waals surface area contributed by atoms with Crippen molar-refractivity contribution in [2.75, 3.05) is 0 Å². The third-order valence-electron chi connectivity index (χ3n) is 3.89. The standard InChI is InChI=1S/C19H12N4/c20-8-13(18-12-23-19-4-2-1-3-17(18)19)7-14-9-22-11-15-10-21-6-5-16(14)15/h1-7,9-12,23H/b13-7+. The van der Waals surface area contributed by atoms with Crippen molar-refractivity contribution in [1.82, 2.24) is 15.0 Å². The van der Waals surface area contributed by atoms with E-state index in [0.717, 1.165) is 32.8 Å². The topological polar surface area (TPSA) is 65.4 Å². The predicted octanol–water partition coefficient (Wildman–Crippen LogP) is 4.18. The normalized spacial score (nSPS) is 11.7. The number of nitriles is 1. The number of nitrogens with one attached hydrogen (secondary N) is 1. The number of pyridine rings is 2. The molecule has 0 saturated carbocycles. The summed E-state index contributed by atoms with van der Waals surface area (Å²) in [5.41, 5.74) is 3.43. The molecule has 0 aliphatic rings. The highest BCUT2D eigenvalue weighted by molar-refractivity contribution is 6.03. The molecule has 0 bridgehead atoms. The molecule has 0 radical (unpaired) electrons. The van der Waals surface area contributed by atoms with Crippen LogP contribution in [0.3, 0.4) is 0 Å². The molecule has 23 heavy (non-hydrogen) atoms. The minimum absolute atomic E-state index is 0.605. The van der Waals surface area contributed by atoms with Crippen molar-refractivity contribution in [2.45, 2.75) is 0 Å². The fourth-order valence-corrected chi connectivity index (χ4v) is 2.77. The van der Waals surface area contributed by atoms with Crippen LogP contribution in [0.15, 0.2) is 61.3 Å². The predicted molar refractivity (Wildman–Crippen MR) is 91.3 cm³/mol. The zero-order chi connectivity index (χ0) is 15.6. The summed E-state index contributed by atoms with van der Waals surface area (Å²) in [6.07, 6.45) is 10.8. The first-order chi connectivity index (χ1) is 11.4. The van der Waals surface area contributed by atoms with Crippen LogP contribution in [-0.4, -0.2) is 15.0 Å². The van der Waals surface area contributed by atoms with Gasteiger partial charge in [0.1, 0.15) is 0 Å². The fourth-order valence-electron chi connectivity index (χ4n) is 2.77. The van der Waals surface area contributed by atoms with Crippen molar-refractivity contribution in [2.24, 2.45) is 0 Å². The van der Waals surface area contributed by atoms with Crippen molar-refractivity contribution in [1.29, 1.82) is 5.26 Å². The average Bonchev–Trinajstić information content (AvgIpc) is 3.04. The zero-order valence-electron chi connectivity index (χ0n) is 12.2. The van der Waals surface area contributed by atoms with Crippen LogP contribution >= 0.6 is 0 Å². The maximum Gasteiger partial charge on any atom is 0.0998 e. The molecule has 0 saturated heterocycles. The van der Waals surface area contributed by atoms with E-state index in [1.807, 2.05) is 42.6 Å². The van der Waals surface area contributed by atoms with Crippen LogP contribution in [0.25, 0.3) is 33.3 Å². The summed E-state index contributed by atoms with van der Waals surface area (Å²) in [6, 6.07) is 12.2. The Bertz CT molecular complexity index is 1080. The van der Waals surface area contributed by atoms with Gasteiger partial charge in [-0.2, -0.15) is 5.26 Å². The highest BCUT2D eigenvalue weighted by atomic mass is 14.7. The van der Waals surface area contributed by atoms with Gasteiger partial charge in [0.2, 0.25) is 0 Å². The lowest BCUT2D eigenvalue weighted by Crippen LogP contribution is -1.85. The van der Waals surface area contributed by atoms with Gasteiger partial charge in [-0.25, -0.2) is 0 Å². The SMILES string of the molecule is N#C/C(=C\c1cncc2cnccc12)c1c[nH]c2ccccc12. The molecule has 3 heterocycles. The monoisotopic (exact) mass is 296 g/mol. The number of para-hydroxylation sites is 1. The van der Waals surface area contributed by atoms with E-state index in [-0.39, 0.29) is 0 Å². The Hall–Kier alpha value is -3.45. The fraction of sp³-hybridized carbons (Fsp3) is 0. The summed E-state index contributed by atoms with van der Waals surface area (Å²) in [5, 5.41) is 12.6. The summed E-state index contributed by atoms with van der Waals surface area (Å²) in [7, 11) is 0. The molecule has 0 aliphatic heterocycles.